The lowest BCUT2D eigenvalue weighted by Crippen LogP contribution is -2.00. The Morgan fingerprint density at radius 1 is 1.25 bits per heavy atom. The van der Waals surface area contributed by atoms with Gasteiger partial charge in [0.05, 0.1) is 0 Å². The summed E-state index contributed by atoms with van der Waals surface area (Å²) in [6, 6.07) is 5.97. The first-order valence-corrected chi connectivity index (χ1v) is 5.26. The lowest BCUT2D eigenvalue weighted by molar-refractivity contribution is 0.440. The molecule has 1 rings (SSSR count). The Morgan fingerprint density at radius 3 is 2.17 bits per heavy atom. The van der Waals surface area contributed by atoms with Crippen LogP contribution in [0.15, 0.2) is 24.3 Å². The minimum Gasteiger partial charge on any atom is -0.358 e. The molecule has 0 bridgehead atoms. The predicted octanol–water partition coefficient (Wildman–Crippen LogP) is 1.88. The summed E-state index contributed by atoms with van der Waals surface area (Å²) in [5.74, 6) is -0.0297. The first kappa shape index (κ1) is 9.72. The summed E-state index contributed by atoms with van der Waals surface area (Å²) in [7, 11) is -4.89. The molecule has 0 N–H and O–H groups in total. The van der Waals surface area contributed by atoms with Crippen LogP contribution in [-0.4, -0.2) is 8.42 Å². The van der Waals surface area contributed by atoms with Crippen molar-refractivity contribution in [1.29, 1.82) is 0 Å². The molecule has 0 atom stereocenters. The fourth-order valence-electron chi connectivity index (χ4n) is 0.605. The molecule has 6 heteroatoms. The van der Waals surface area contributed by atoms with E-state index in [1.807, 2.05) is 22.6 Å². The molecule has 0 fully saturated rings. The number of hydrogen-bond acceptors (Lipinski definition) is 3. The lowest BCUT2D eigenvalue weighted by Gasteiger charge is -1.98. The maximum absolute atomic E-state index is 11.9. The van der Waals surface area contributed by atoms with E-state index in [4.69, 9.17) is 0 Å². The summed E-state index contributed by atoms with van der Waals surface area (Å²) in [4.78, 5) is 0. The largest absolute Gasteiger partial charge is 0.488 e. The highest BCUT2D eigenvalue weighted by Crippen LogP contribution is 2.15. The normalized spacial score (nSPS) is 11.2. The van der Waals surface area contributed by atoms with Gasteiger partial charge in [-0.05, 0) is 46.9 Å². The third-order valence-corrected chi connectivity index (χ3v) is 2.12. The van der Waals surface area contributed by atoms with Crippen LogP contribution < -0.4 is 4.18 Å². The molecule has 0 aliphatic rings. The van der Waals surface area contributed by atoms with Gasteiger partial charge in [-0.25, -0.2) is 0 Å². The molecule has 0 aromatic heterocycles. The Bertz CT molecular complexity index is 359. The molecule has 0 unspecified atom stereocenters. The zero-order chi connectivity index (χ0) is 9.19. The SMILES string of the molecule is O=S(=O)(F)Oc1ccc(I)cc1. The summed E-state index contributed by atoms with van der Waals surface area (Å²) >= 11 is 2.03. The van der Waals surface area contributed by atoms with Gasteiger partial charge in [0.2, 0.25) is 0 Å². The van der Waals surface area contributed by atoms with Crippen molar-refractivity contribution in [3.8, 4) is 5.75 Å². The van der Waals surface area contributed by atoms with Crippen LogP contribution in [0.25, 0.3) is 0 Å². The van der Waals surface area contributed by atoms with E-state index in [1.54, 1.807) is 12.1 Å². The smallest absolute Gasteiger partial charge is 0.358 e. The quantitative estimate of drug-likeness (QED) is 0.619. The number of halogens is 2. The fourth-order valence-corrected chi connectivity index (χ4v) is 1.31. The Kier molecular flexibility index (Phi) is 2.89. The number of hydrogen-bond donors (Lipinski definition) is 0. The summed E-state index contributed by atoms with van der Waals surface area (Å²) in [5.41, 5.74) is 0. The van der Waals surface area contributed by atoms with Gasteiger partial charge >= 0.3 is 10.5 Å². The van der Waals surface area contributed by atoms with Gasteiger partial charge < -0.3 is 4.18 Å². The maximum atomic E-state index is 11.9. The van der Waals surface area contributed by atoms with E-state index in [0.717, 1.165) is 3.57 Å². The van der Waals surface area contributed by atoms with E-state index in [9.17, 15) is 12.3 Å². The van der Waals surface area contributed by atoms with Crippen LogP contribution in [0.4, 0.5) is 3.89 Å². The molecule has 0 radical (unpaired) electrons. The fraction of sp³-hybridized carbons (Fsp3) is 0. The lowest BCUT2D eigenvalue weighted by atomic mass is 10.3. The predicted molar refractivity (Wildman–Crippen MR) is 49.8 cm³/mol. The van der Waals surface area contributed by atoms with E-state index in [0.29, 0.717) is 0 Å². The van der Waals surface area contributed by atoms with Crippen molar-refractivity contribution in [2.24, 2.45) is 0 Å². The molecule has 0 aliphatic carbocycles. The van der Waals surface area contributed by atoms with Crippen molar-refractivity contribution < 1.29 is 16.5 Å². The minimum absolute atomic E-state index is 0.0297. The summed E-state index contributed by atoms with van der Waals surface area (Å²) in [6.07, 6.45) is 0. The molecule has 0 amide bonds. The van der Waals surface area contributed by atoms with Gasteiger partial charge in [-0.2, -0.15) is 8.42 Å². The van der Waals surface area contributed by atoms with Gasteiger partial charge in [-0.15, -0.1) is 0 Å². The van der Waals surface area contributed by atoms with Gasteiger partial charge in [0.15, 0.2) is 0 Å². The summed E-state index contributed by atoms with van der Waals surface area (Å²) < 4.78 is 36.8. The van der Waals surface area contributed by atoms with Crippen LogP contribution in [-0.2, 0) is 10.5 Å². The second-order valence-electron chi connectivity index (χ2n) is 1.93. The molecule has 1 aromatic carbocycles. The first-order valence-electron chi connectivity index (χ1n) is 2.87. The van der Waals surface area contributed by atoms with Gasteiger partial charge in [0, 0.05) is 3.57 Å². The topological polar surface area (TPSA) is 43.4 Å². The van der Waals surface area contributed by atoms with E-state index >= 15 is 0 Å². The number of rotatable bonds is 2. The Balaban J connectivity index is 2.85. The van der Waals surface area contributed by atoms with Gasteiger partial charge in [0.1, 0.15) is 5.75 Å². The van der Waals surface area contributed by atoms with Crippen LogP contribution in [0.3, 0.4) is 0 Å². The molecule has 0 aliphatic heterocycles. The molecule has 0 saturated carbocycles. The molecular weight excluding hydrogens is 298 g/mol. The monoisotopic (exact) mass is 302 g/mol. The van der Waals surface area contributed by atoms with E-state index < -0.39 is 10.5 Å². The van der Waals surface area contributed by atoms with E-state index in [1.165, 1.54) is 12.1 Å². The zero-order valence-electron chi connectivity index (χ0n) is 5.70. The van der Waals surface area contributed by atoms with Crippen LogP contribution in [0, 0.1) is 3.57 Å². The second-order valence-corrected chi connectivity index (χ2v) is 4.13. The van der Waals surface area contributed by atoms with Crippen molar-refractivity contribution in [2.45, 2.75) is 0 Å². The Labute approximate surface area is 83.1 Å². The highest BCUT2D eigenvalue weighted by Gasteiger charge is 2.08. The highest BCUT2D eigenvalue weighted by molar-refractivity contribution is 14.1. The standard InChI is InChI=1S/C6H4FIO3S/c7-12(9,10)11-6-3-1-5(8)2-4-6/h1-4H. The van der Waals surface area contributed by atoms with Gasteiger partial charge in [-0.3, -0.25) is 0 Å². The molecule has 0 heterocycles. The molecule has 1 aromatic rings. The van der Waals surface area contributed by atoms with Crippen molar-refractivity contribution in [1.82, 2.24) is 0 Å². The molecule has 12 heavy (non-hydrogen) atoms. The van der Waals surface area contributed by atoms with Gasteiger partial charge in [-0.1, -0.05) is 3.89 Å². The first-order chi connectivity index (χ1) is 5.47. The molecule has 3 nitrogen and oxygen atoms in total. The second kappa shape index (κ2) is 3.56. The Hall–Kier alpha value is -0.370. The van der Waals surface area contributed by atoms with Crippen LogP contribution in [0.5, 0.6) is 5.75 Å². The van der Waals surface area contributed by atoms with Crippen molar-refractivity contribution in [2.75, 3.05) is 0 Å². The summed E-state index contributed by atoms with van der Waals surface area (Å²) in [5, 5.41) is 0. The average molecular weight is 302 g/mol. The summed E-state index contributed by atoms with van der Waals surface area (Å²) in [6.45, 7) is 0. The van der Waals surface area contributed by atoms with E-state index in [-0.39, 0.29) is 5.75 Å². The third kappa shape index (κ3) is 3.35. The Morgan fingerprint density at radius 2 is 1.75 bits per heavy atom. The van der Waals surface area contributed by atoms with Crippen LogP contribution in [0.2, 0.25) is 0 Å². The van der Waals surface area contributed by atoms with E-state index in [2.05, 4.69) is 4.18 Å². The molecular formula is C6H4FIO3S. The highest BCUT2D eigenvalue weighted by atomic mass is 127. The molecule has 66 valence electrons. The minimum atomic E-state index is -4.89. The van der Waals surface area contributed by atoms with Crippen LogP contribution >= 0.6 is 22.6 Å². The van der Waals surface area contributed by atoms with Gasteiger partial charge in [0.25, 0.3) is 0 Å². The number of benzene rings is 1. The molecule has 0 saturated heterocycles. The van der Waals surface area contributed by atoms with Crippen molar-refractivity contribution >= 4 is 33.1 Å². The third-order valence-electron chi connectivity index (χ3n) is 1.01. The van der Waals surface area contributed by atoms with Crippen LogP contribution in [0.1, 0.15) is 0 Å². The molecule has 0 spiro atoms. The van der Waals surface area contributed by atoms with Crippen molar-refractivity contribution in [3.05, 3.63) is 27.8 Å². The zero-order valence-corrected chi connectivity index (χ0v) is 8.67. The van der Waals surface area contributed by atoms with Crippen molar-refractivity contribution in [3.63, 3.8) is 0 Å². The average Bonchev–Trinajstić information content (AvgIpc) is 1.91. The maximum Gasteiger partial charge on any atom is 0.488 e.